The fourth-order valence-electron chi connectivity index (χ4n) is 3.18. The molecule has 3 aromatic rings. The van der Waals surface area contributed by atoms with Gasteiger partial charge < -0.3 is 24.1 Å². The van der Waals surface area contributed by atoms with Crippen LogP contribution in [-0.4, -0.2) is 36.8 Å². The third-order valence-corrected chi connectivity index (χ3v) is 4.67. The van der Waals surface area contributed by atoms with Gasteiger partial charge in [-0.2, -0.15) is 0 Å². The molecule has 7 heteroatoms. The highest BCUT2D eigenvalue weighted by Gasteiger charge is 2.23. The number of aromatic nitrogens is 2. The van der Waals surface area contributed by atoms with E-state index in [4.69, 9.17) is 14.2 Å². The Morgan fingerprint density at radius 1 is 1.07 bits per heavy atom. The number of rotatable bonds is 8. The SMILES string of the molecule is COc1cc(OC)cc(C(NC(=O)Cc2ccccc2OC)c2nccn2C)c1. The largest absolute Gasteiger partial charge is 0.497 e. The number of aryl methyl sites for hydroxylation is 1. The van der Waals surface area contributed by atoms with E-state index in [1.54, 1.807) is 33.6 Å². The zero-order valence-electron chi connectivity index (χ0n) is 17.0. The molecule has 29 heavy (non-hydrogen) atoms. The van der Waals surface area contributed by atoms with Crippen LogP contribution in [0.25, 0.3) is 0 Å². The van der Waals surface area contributed by atoms with E-state index in [2.05, 4.69) is 10.3 Å². The Morgan fingerprint density at radius 2 is 1.76 bits per heavy atom. The molecule has 0 fully saturated rings. The Hall–Kier alpha value is -3.48. The van der Waals surface area contributed by atoms with Crippen LogP contribution in [0.3, 0.4) is 0 Å². The standard InChI is InChI=1S/C22H25N3O4/c1-25-10-9-23-22(25)21(16-11-17(27-2)14-18(12-16)28-3)24-20(26)13-15-7-5-6-8-19(15)29-4/h5-12,14,21H,13H2,1-4H3,(H,24,26). The molecule has 0 aliphatic rings. The van der Waals surface area contributed by atoms with E-state index in [0.29, 0.717) is 23.1 Å². The lowest BCUT2D eigenvalue weighted by Gasteiger charge is -2.21. The summed E-state index contributed by atoms with van der Waals surface area (Å²) in [6.07, 6.45) is 3.73. The number of ether oxygens (including phenoxy) is 3. The maximum absolute atomic E-state index is 12.9. The molecule has 0 bridgehead atoms. The molecule has 1 amide bonds. The lowest BCUT2D eigenvalue weighted by atomic mass is 10.0. The number of nitrogens with one attached hydrogen (secondary N) is 1. The molecule has 7 nitrogen and oxygen atoms in total. The smallest absolute Gasteiger partial charge is 0.225 e. The molecule has 0 spiro atoms. The normalized spacial score (nSPS) is 11.6. The van der Waals surface area contributed by atoms with Gasteiger partial charge in [0.1, 0.15) is 29.1 Å². The lowest BCUT2D eigenvalue weighted by molar-refractivity contribution is -0.121. The van der Waals surface area contributed by atoms with E-state index in [0.717, 1.165) is 11.1 Å². The van der Waals surface area contributed by atoms with Gasteiger partial charge in [-0.3, -0.25) is 4.79 Å². The second-order valence-electron chi connectivity index (χ2n) is 6.53. The van der Waals surface area contributed by atoms with E-state index in [1.165, 1.54) is 0 Å². The first-order valence-corrected chi connectivity index (χ1v) is 9.17. The van der Waals surface area contributed by atoms with Gasteiger partial charge in [0.2, 0.25) is 5.91 Å². The zero-order valence-corrected chi connectivity index (χ0v) is 17.0. The topological polar surface area (TPSA) is 74.6 Å². The van der Waals surface area contributed by atoms with Crippen LogP contribution >= 0.6 is 0 Å². The number of methoxy groups -OCH3 is 3. The molecule has 152 valence electrons. The van der Waals surface area contributed by atoms with Gasteiger partial charge in [-0.05, 0) is 23.8 Å². The number of benzene rings is 2. The van der Waals surface area contributed by atoms with Crippen molar-refractivity contribution in [2.24, 2.45) is 7.05 Å². The van der Waals surface area contributed by atoms with Crippen LogP contribution in [0.4, 0.5) is 0 Å². The summed E-state index contributed by atoms with van der Waals surface area (Å²) in [5.74, 6) is 2.51. The molecule has 0 saturated heterocycles. The second-order valence-corrected chi connectivity index (χ2v) is 6.53. The highest BCUT2D eigenvalue weighted by molar-refractivity contribution is 5.80. The lowest BCUT2D eigenvalue weighted by Crippen LogP contribution is -2.32. The van der Waals surface area contributed by atoms with Crippen molar-refractivity contribution in [2.45, 2.75) is 12.5 Å². The predicted molar refractivity (Wildman–Crippen MR) is 109 cm³/mol. The van der Waals surface area contributed by atoms with E-state index in [-0.39, 0.29) is 12.3 Å². The summed E-state index contributed by atoms with van der Waals surface area (Å²) in [6, 6.07) is 12.5. The molecule has 2 aromatic carbocycles. The number of hydrogen-bond donors (Lipinski definition) is 1. The van der Waals surface area contributed by atoms with Crippen molar-refractivity contribution in [3.63, 3.8) is 0 Å². The van der Waals surface area contributed by atoms with E-state index >= 15 is 0 Å². The van der Waals surface area contributed by atoms with E-state index in [1.807, 2.05) is 54.2 Å². The van der Waals surface area contributed by atoms with E-state index in [9.17, 15) is 4.79 Å². The summed E-state index contributed by atoms with van der Waals surface area (Å²) < 4.78 is 18.0. The molecule has 1 unspecified atom stereocenters. The summed E-state index contributed by atoms with van der Waals surface area (Å²) in [6.45, 7) is 0. The molecular formula is C22H25N3O4. The zero-order chi connectivity index (χ0) is 20.8. The Kier molecular flexibility index (Phi) is 6.39. The van der Waals surface area contributed by atoms with Crippen LogP contribution in [0.1, 0.15) is 23.0 Å². The fourth-order valence-corrected chi connectivity index (χ4v) is 3.18. The summed E-state index contributed by atoms with van der Waals surface area (Å²) >= 11 is 0. The van der Waals surface area contributed by atoms with Crippen molar-refractivity contribution < 1.29 is 19.0 Å². The van der Waals surface area contributed by atoms with Crippen molar-refractivity contribution in [2.75, 3.05) is 21.3 Å². The molecule has 0 aliphatic carbocycles. The van der Waals surface area contributed by atoms with Gasteiger partial charge in [0.15, 0.2) is 0 Å². The number of imidazole rings is 1. The van der Waals surface area contributed by atoms with Crippen molar-refractivity contribution in [1.82, 2.24) is 14.9 Å². The third-order valence-electron chi connectivity index (χ3n) is 4.67. The molecule has 1 N–H and O–H groups in total. The summed E-state index contributed by atoms with van der Waals surface area (Å²) in [4.78, 5) is 17.4. The first-order chi connectivity index (χ1) is 14.0. The van der Waals surface area contributed by atoms with Gasteiger partial charge >= 0.3 is 0 Å². The van der Waals surface area contributed by atoms with Gasteiger partial charge in [0, 0.05) is 31.1 Å². The Bertz CT molecular complexity index is 961. The van der Waals surface area contributed by atoms with Crippen LogP contribution in [0, 0.1) is 0 Å². The average molecular weight is 395 g/mol. The van der Waals surface area contributed by atoms with Crippen molar-refractivity contribution in [1.29, 1.82) is 0 Å². The highest BCUT2D eigenvalue weighted by atomic mass is 16.5. The molecule has 1 aromatic heterocycles. The van der Waals surface area contributed by atoms with Crippen LogP contribution in [0.2, 0.25) is 0 Å². The Labute approximate surface area is 170 Å². The number of carbonyl (C=O) groups is 1. The average Bonchev–Trinajstić information content (AvgIpc) is 3.17. The number of hydrogen-bond acceptors (Lipinski definition) is 5. The maximum Gasteiger partial charge on any atom is 0.225 e. The monoisotopic (exact) mass is 395 g/mol. The number of carbonyl (C=O) groups excluding carboxylic acids is 1. The summed E-state index contributed by atoms with van der Waals surface area (Å²) in [7, 11) is 6.66. The first kappa shape index (κ1) is 20.3. The number of para-hydroxylation sites is 1. The fraction of sp³-hybridized carbons (Fsp3) is 0.273. The third kappa shape index (κ3) is 4.68. The predicted octanol–water partition coefficient (Wildman–Crippen LogP) is 2.89. The van der Waals surface area contributed by atoms with Crippen molar-refractivity contribution in [3.8, 4) is 17.2 Å². The minimum atomic E-state index is -0.471. The Morgan fingerprint density at radius 3 is 2.34 bits per heavy atom. The summed E-state index contributed by atoms with van der Waals surface area (Å²) in [5, 5.41) is 3.09. The van der Waals surface area contributed by atoms with Crippen molar-refractivity contribution in [3.05, 3.63) is 71.8 Å². The van der Waals surface area contributed by atoms with Crippen LogP contribution in [0.5, 0.6) is 17.2 Å². The molecule has 1 atom stereocenters. The molecular weight excluding hydrogens is 370 g/mol. The molecule has 0 saturated carbocycles. The molecule has 0 radical (unpaired) electrons. The highest BCUT2D eigenvalue weighted by Crippen LogP contribution is 2.29. The quantitative estimate of drug-likeness (QED) is 0.635. The molecule has 1 heterocycles. The van der Waals surface area contributed by atoms with Crippen molar-refractivity contribution >= 4 is 5.91 Å². The minimum absolute atomic E-state index is 0.149. The van der Waals surface area contributed by atoms with Crippen LogP contribution in [0.15, 0.2) is 54.9 Å². The second kappa shape index (κ2) is 9.14. The molecule has 0 aliphatic heterocycles. The number of nitrogens with zero attached hydrogens (tertiary/aromatic N) is 2. The first-order valence-electron chi connectivity index (χ1n) is 9.17. The van der Waals surface area contributed by atoms with E-state index < -0.39 is 6.04 Å². The van der Waals surface area contributed by atoms with Gasteiger partial charge in [-0.25, -0.2) is 4.98 Å². The molecule has 3 rings (SSSR count). The van der Waals surface area contributed by atoms with Crippen LogP contribution < -0.4 is 19.5 Å². The van der Waals surface area contributed by atoms with Gasteiger partial charge in [-0.15, -0.1) is 0 Å². The Balaban J connectivity index is 1.93. The van der Waals surface area contributed by atoms with Gasteiger partial charge in [-0.1, -0.05) is 18.2 Å². The minimum Gasteiger partial charge on any atom is -0.497 e. The van der Waals surface area contributed by atoms with Crippen LogP contribution in [-0.2, 0) is 18.3 Å². The summed E-state index contributed by atoms with van der Waals surface area (Å²) in [5.41, 5.74) is 1.62. The number of amides is 1. The maximum atomic E-state index is 12.9. The van der Waals surface area contributed by atoms with Gasteiger partial charge in [0.05, 0.1) is 27.8 Å². The van der Waals surface area contributed by atoms with Gasteiger partial charge in [0.25, 0.3) is 0 Å².